The molecule has 0 rings (SSSR count). The SMILES string of the molecule is CC/C=C\C/C=C\C/C=C\C/C=C\C/C=C\CCCCOC(CC)C(C)=O. The minimum atomic E-state index is -0.210. The summed E-state index contributed by atoms with van der Waals surface area (Å²) in [6.07, 6.45) is 31.1. The number of carbonyl (C=O) groups is 1. The van der Waals surface area contributed by atoms with Gasteiger partial charge in [0.15, 0.2) is 5.78 Å². The van der Waals surface area contributed by atoms with E-state index in [1.54, 1.807) is 6.92 Å². The molecule has 0 heterocycles. The topological polar surface area (TPSA) is 26.3 Å². The van der Waals surface area contributed by atoms with Gasteiger partial charge in [0.2, 0.25) is 0 Å². The minimum Gasteiger partial charge on any atom is -0.370 e. The maximum absolute atomic E-state index is 11.2. The van der Waals surface area contributed by atoms with E-state index in [2.05, 4.69) is 67.7 Å². The van der Waals surface area contributed by atoms with Gasteiger partial charge >= 0.3 is 0 Å². The molecule has 0 fully saturated rings. The number of hydrogen-bond acceptors (Lipinski definition) is 2. The van der Waals surface area contributed by atoms with E-state index in [1.807, 2.05) is 6.92 Å². The third-order valence-corrected chi connectivity index (χ3v) is 4.07. The molecule has 1 atom stereocenters. The molecule has 2 heteroatoms. The van der Waals surface area contributed by atoms with Crippen molar-refractivity contribution in [2.45, 2.75) is 84.7 Å². The molecule has 0 spiro atoms. The Labute approximate surface area is 167 Å². The van der Waals surface area contributed by atoms with Gasteiger partial charge in [-0.05, 0) is 64.7 Å². The Morgan fingerprint density at radius 3 is 1.67 bits per heavy atom. The van der Waals surface area contributed by atoms with Crippen molar-refractivity contribution in [3.05, 3.63) is 60.8 Å². The Morgan fingerprint density at radius 1 is 0.741 bits per heavy atom. The molecule has 0 aliphatic carbocycles. The number of Topliss-reactive ketones (excluding diaryl/α,β-unsaturated/α-hetero) is 1. The van der Waals surface area contributed by atoms with Crippen molar-refractivity contribution in [2.24, 2.45) is 0 Å². The standard InChI is InChI=1S/C25H40O2/c1-4-6-7-8-9-10-11-12-13-14-15-16-17-18-19-20-21-22-23-27-25(5-2)24(3)26/h6-7,9-10,12-13,15-16,18-19,25H,4-5,8,11,14,17,20-23H2,1-3H3/b7-6-,10-9-,13-12-,16-15-,19-18-. The van der Waals surface area contributed by atoms with Crippen LogP contribution in [0.25, 0.3) is 0 Å². The van der Waals surface area contributed by atoms with Gasteiger partial charge in [0.25, 0.3) is 0 Å². The highest BCUT2D eigenvalue weighted by Gasteiger charge is 2.10. The fourth-order valence-corrected chi connectivity index (χ4v) is 2.48. The van der Waals surface area contributed by atoms with E-state index in [0.29, 0.717) is 6.61 Å². The summed E-state index contributed by atoms with van der Waals surface area (Å²) >= 11 is 0. The fourth-order valence-electron chi connectivity index (χ4n) is 2.48. The van der Waals surface area contributed by atoms with Gasteiger partial charge in [0, 0.05) is 6.61 Å². The first-order valence-electron chi connectivity index (χ1n) is 10.6. The van der Waals surface area contributed by atoms with E-state index in [9.17, 15) is 4.79 Å². The van der Waals surface area contributed by atoms with Crippen molar-refractivity contribution in [3.8, 4) is 0 Å². The molecule has 152 valence electrons. The maximum Gasteiger partial charge on any atom is 0.158 e. The van der Waals surface area contributed by atoms with Gasteiger partial charge in [-0.3, -0.25) is 4.79 Å². The van der Waals surface area contributed by atoms with Crippen LogP contribution in [0.2, 0.25) is 0 Å². The zero-order chi connectivity index (χ0) is 20.0. The second-order valence-corrected chi connectivity index (χ2v) is 6.58. The lowest BCUT2D eigenvalue weighted by molar-refractivity contribution is -0.128. The predicted molar refractivity (Wildman–Crippen MR) is 119 cm³/mol. The molecule has 0 aliphatic heterocycles. The van der Waals surface area contributed by atoms with Crippen molar-refractivity contribution in [2.75, 3.05) is 6.61 Å². The van der Waals surface area contributed by atoms with Crippen molar-refractivity contribution in [1.29, 1.82) is 0 Å². The molecule has 0 N–H and O–H groups in total. The molecule has 0 saturated heterocycles. The molecule has 1 unspecified atom stereocenters. The van der Waals surface area contributed by atoms with Crippen molar-refractivity contribution < 1.29 is 9.53 Å². The van der Waals surface area contributed by atoms with Crippen LogP contribution in [-0.2, 0) is 9.53 Å². The average Bonchev–Trinajstić information content (AvgIpc) is 2.66. The van der Waals surface area contributed by atoms with Crippen LogP contribution in [0.4, 0.5) is 0 Å². The first-order valence-corrected chi connectivity index (χ1v) is 10.6. The molecule has 0 radical (unpaired) electrons. The van der Waals surface area contributed by atoms with Crippen molar-refractivity contribution in [1.82, 2.24) is 0 Å². The Morgan fingerprint density at radius 2 is 1.22 bits per heavy atom. The number of rotatable bonds is 17. The summed E-state index contributed by atoms with van der Waals surface area (Å²) < 4.78 is 5.58. The number of carbonyl (C=O) groups excluding carboxylic acids is 1. The van der Waals surface area contributed by atoms with Crippen LogP contribution in [0.1, 0.15) is 78.6 Å². The number of hydrogen-bond donors (Lipinski definition) is 0. The third kappa shape index (κ3) is 18.9. The summed E-state index contributed by atoms with van der Waals surface area (Å²) in [4.78, 5) is 11.2. The van der Waals surface area contributed by atoms with Crippen LogP contribution in [0.15, 0.2) is 60.8 Å². The molecule has 2 nitrogen and oxygen atoms in total. The van der Waals surface area contributed by atoms with Crippen molar-refractivity contribution >= 4 is 5.78 Å². The fraction of sp³-hybridized carbons (Fsp3) is 0.560. The van der Waals surface area contributed by atoms with Crippen LogP contribution in [0.3, 0.4) is 0 Å². The molecule has 0 aromatic heterocycles. The van der Waals surface area contributed by atoms with E-state index in [1.165, 1.54) is 0 Å². The van der Waals surface area contributed by atoms with Gasteiger partial charge < -0.3 is 4.74 Å². The second kappa shape index (κ2) is 20.6. The molecular formula is C25H40O2. The molecule has 0 saturated carbocycles. The van der Waals surface area contributed by atoms with E-state index < -0.39 is 0 Å². The monoisotopic (exact) mass is 372 g/mol. The van der Waals surface area contributed by atoms with Gasteiger partial charge in [-0.15, -0.1) is 0 Å². The molecule has 0 aliphatic rings. The summed E-state index contributed by atoms with van der Waals surface area (Å²) in [5.41, 5.74) is 0. The molecule has 27 heavy (non-hydrogen) atoms. The van der Waals surface area contributed by atoms with E-state index in [4.69, 9.17) is 4.74 Å². The highest BCUT2D eigenvalue weighted by atomic mass is 16.5. The number of unbranched alkanes of at least 4 members (excludes halogenated alkanes) is 2. The van der Waals surface area contributed by atoms with Gasteiger partial charge in [-0.1, -0.05) is 74.6 Å². The predicted octanol–water partition coefficient (Wildman–Crippen LogP) is 7.29. The van der Waals surface area contributed by atoms with Crippen LogP contribution in [0.5, 0.6) is 0 Å². The van der Waals surface area contributed by atoms with Crippen LogP contribution in [0, 0.1) is 0 Å². The largest absolute Gasteiger partial charge is 0.370 e. The maximum atomic E-state index is 11.2. The molecule has 0 aromatic rings. The number of ether oxygens (including phenoxy) is 1. The quantitative estimate of drug-likeness (QED) is 0.198. The highest BCUT2D eigenvalue weighted by molar-refractivity contribution is 5.80. The lowest BCUT2D eigenvalue weighted by Gasteiger charge is -2.12. The summed E-state index contributed by atoms with van der Waals surface area (Å²) in [6, 6.07) is 0. The van der Waals surface area contributed by atoms with Crippen molar-refractivity contribution in [3.63, 3.8) is 0 Å². The Hall–Kier alpha value is -1.67. The van der Waals surface area contributed by atoms with Gasteiger partial charge in [0.1, 0.15) is 6.10 Å². The smallest absolute Gasteiger partial charge is 0.158 e. The number of allylic oxidation sites excluding steroid dienone is 10. The van der Waals surface area contributed by atoms with Gasteiger partial charge in [-0.25, -0.2) is 0 Å². The van der Waals surface area contributed by atoms with Crippen LogP contribution < -0.4 is 0 Å². The molecule has 0 amide bonds. The lowest BCUT2D eigenvalue weighted by atomic mass is 10.2. The van der Waals surface area contributed by atoms with E-state index in [-0.39, 0.29) is 11.9 Å². The molecule has 0 aromatic carbocycles. The summed E-state index contributed by atoms with van der Waals surface area (Å²) in [6.45, 7) is 6.43. The van der Waals surface area contributed by atoms with Gasteiger partial charge in [0.05, 0.1) is 0 Å². The summed E-state index contributed by atoms with van der Waals surface area (Å²) in [5.74, 6) is 0.135. The Balaban J connectivity index is 3.51. The zero-order valence-corrected chi connectivity index (χ0v) is 17.7. The molecular weight excluding hydrogens is 332 g/mol. The average molecular weight is 373 g/mol. The Kier molecular flexibility index (Phi) is 19.4. The normalized spacial score (nSPS) is 13.9. The zero-order valence-electron chi connectivity index (χ0n) is 17.7. The van der Waals surface area contributed by atoms with Gasteiger partial charge in [-0.2, -0.15) is 0 Å². The van der Waals surface area contributed by atoms with E-state index in [0.717, 1.165) is 57.8 Å². The Bertz CT molecular complexity index is 481. The van der Waals surface area contributed by atoms with E-state index >= 15 is 0 Å². The molecule has 0 bridgehead atoms. The first kappa shape index (κ1) is 25.3. The summed E-state index contributed by atoms with van der Waals surface area (Å²) in [5, 5.41) is 0. The first-order chi connectivity index (χ1) is 13.2. The summed E-state index contributed by atoms with van der Waals surface area (Å²) in [7, 11) is 0. The highest BCUT2D eigenvalue weighted by Crippen LogP contribution is 2.04. The lowest BCUT2D eigenvalue weighted by Crippen LogP contribution is -2.21. The van der Waals surface area contributed by atoms with Crippen LogP contribution in [-0.4, -0.2) is 18.5 Å². The third-order valence-electron chi connectivity index (χ3n) is 4.07. The second-order valence-electron chi connectivity index (χ2n) is 6.58. The minimum absolute atomic E-state index is 0.135. The number of ketones is 1. The van der Waals surface area contributed by atoms with Crippen LogP contribution >= 0.6 is 0 Å².